The predicted octanol–water partition coefficient (Wildman–Crippen LogP) is 3.22. The summed E-state index contributed by atoms with van der Waals surface area (Å²) in [5, 5.41) is 10.1. The summed E-state index contributed by atoms with van der Waals surface area (Å²) < 4.78 is 12.7. The minimum absolute atomic E-state index is 0.291. The first-order valence-corrected chi connectivity index (χ1v) is 5.17. The third-order valence-electron chi connectivity index (χ3n) is 2.54. The molecule has 2 aromatic rings. The molecule has 1 nitrogen and oxygen atoms in total. The lowest BCUT2D eigenvalue weighted by molar-refractivity contribution is 0.220. The largest absolute Gasteiger partial charge is 0.384 e. The molecule has 16 heavy (non-hydrogen) atoms. The van der Waals surface area contributed by atoms with Gasteiger partial charge in [0.15, 0.2) is 0 Å². The van der Waals surface area contributed by atoms with Crippen LogP contribution in [-0.2, 0) is 0 Å². The van der Waals surface area contributed by atoms with Gasteiger partial charge in [0.1, 0.15) is 11.9 Å². The van der Waals surface area contributed by atoms with E-state index in [2.05, 4.69) is 0 Å². The van der Waals surface area contributed by atoms with Gasteiger partial charge in [0, 0.05) is 0 Å². The summed E-state index contributed by atoms with van der Waals surface area (Å²) in [7, 11) is 0. The minimum atomic E-state index is -0.694. The lowest BCUT2D eigenvalue weighted by Crippen LogP contribution is -1.99. The summed E-state index contributed by atoms with van der Waals surface area (Å²) in [5.74, 6) is -0.291. The Hall–Kier alpha value is -1.67. The molecule has 2 rings (SSSR count). The molecule has 0 amide bonds. The number of benzene rings is 2. The second-order valence-corrected chi connectivity index (χ2v) is 3.87. The van der Waals surface area contributed by atoms with Gasteiger partial charge in [-0.1, -0.05) is 42.0 Å². The maximum absolute atomic E-state index is 12.7. The molecule has 2 heteroatoms. The maximum atomic E-state index is 12.7. The summed E-state index contributed by atoms with van der Waals surface area (Å²) in [5.41, 5.74) is 2.62. The molecule has 2 aromatic carbocycles. The lowest BCUT2D eigenvalue weighted by atomic mass is 10.0. The molecule has 0 radical (unpaired) electrons. The molecule has 0 aromatic heterocycles. The second kappa shape index (κ2) is 4.45. The van der Waals surface area contributed by atoms with Gasteiger partial charge in [-0.2, -0.15) is 0 Å². The van der Waals surface area contributed by atoms with Crippen LogP contribution in [0.25, 0.3) is 0 Å². The summed E-state index contributed by atoms with van der Waals surface area (Å²) in [4.78, 5) is 0. The number of hydrogen-bond donors (Lipinski definition) is 1. The van der Waals surface area contributed by atoms with Crippen LogP contribution in [0.2, 0.25) is 0 Å². The summed E-state index contributed by atoms with van der Waals surface area (Å²) in [6.45, 7) is 1.97. The average molecular weight is 216 g/mol. The Bertz CT molecular complexity index is 476. The van der Waals surface area contributed by atoms with E-state index in [1.165, 1.54) is 12.1 Å². The van der Waals surface area contributed by atoms with Crippen molar-refractivity contribution in [3.8, 4) is 0 Å². The van der Waals surface area contributed by atoms with E-state index in [0.717, 1.165) is 11.1 Å². The van der Waals surface area contributed by atoms with E-state index in [9.17, 15) is 9.50 Å². The first-order valence-electron chi connectivity index (χ1n) is 5.17. The van der Waals surface area contributed by atoms with Crippen LogP contribution in [-0.4, -0.2) is 5.11 Å². The highest BCUT2D eigenvalue weighted by molar-refractivity contribution is 5.32. The van der Waals surface area contributed by atoms with Crippen LogP contribution in [0.4, 0.5) is 4.39 Å². The Morgan fingerprint density at radius 1 is 1.00 bits per heavy atom. The number of aliphatic hydroxyl groups excluding tert-OH is 1. The van der Waals surface area contributed by atoms with Crippen LogP contribution < -0.4 is 0 Å². The zero-order valence-corrected chi connectivity index (χ0v) is 9.02. The van der Waals surface area contributed by atoms with Gasteiger partial charge in [-0.05, 0) is 30.2 Å². The van der Waals surface area contributed by atoms with Gasteiger partial charge in [0.05, 0.1) is 0 Å². The van der Waals surface area contributed by atoms with Gasteiger partial charge in [0.2, 0.25) is 0 Å². The van der Waals surface area contributed by atoms with Crippen LogP contribution in [0.15, 0.2) is 48.5 Å². The molecule has 1 atom stereocenters. The highest BCUT2D eigenvalue weighted by Gasteiger charge is 2.09. The van der Waals surface area contributed by atoms with Gasteiger partial charge in [-0.25, -0.2) is 4.39 Å². The Kier molecular flexibility index (Phi) is 3.02. The van der Waals surface area contributed by atoms with Crippen LogP contribution >= 0.6 is 0 Å². The molecule has 0 bridgehead atoms. The molecular formula is C14H13FO. The molecule has 0 spiro atoms. The van der Waals surface area contributed by atoms with Crippen molar-refractivity contribution in [3.63, 3.8) is 0 Å². The van der Waals surface area contributed by atoms with Gasteiger partial charge in [-0.3, -0.25) is 0 Å². The summed E-state index contributed by atoms with van der Waals surface area (Å²) in [6, 6.07) is 13.6. The topological polar surface area (TPSA) is 20.2 Å². The molecule has 0 aliphatic rings. The molecule has 0 saturated carbocycles. The molecule has 0 aliphatic carbocycles. The fraction of sp³-hybridized carbons (Fsp3) is 0.143. The van der Waals surface area contributed by atoms with Gasteiger partial charge in [-0.15, -0.1) is 0 Å². The normalized spacial score (nSPS) is 12.4. The van der Waals surface area contributed by atoms with E-state index < -0.39 is 6.10 Å². The van der Waals surface area contributed by atoms with Gasteiger partial charge < -0.3 is 5.11 Å². The van der Waals surface area contributed by atoms with E-state index in [0.29, 0.717) is 5.56 Å². The average Bonchev–Trinajstić information content (AvgIpc) is 2.29. The van der Waals surface area contributed by atoms with Crippen molar-refractivity contribution < 1.29 is 9.50 Å². The van der Waals surface area contributed by atoms with Crippen LogP contribution in [0, 0.1) is 12.7 Å². The van der Waals surface area contributed by atoms with E-state index in [-0.39, 0.29) is 5.82 Å². The number of aryl methyl sites for hydroxylation is 1. The standard InChI is InChI=1S/C14H13FO/c1-10-3-2-4-12(9-10)14(16)11-5-7-13(15)8-6-11/h2-9,14,16H,1H3/t14-/m0/s1. The van der Waals surface area contributed by atoms with Crippen LogP contribution in [0.5, 0.6) is 0 Å². The highest BCUT2D eigenvalue weighted by Crippen LogP contribution is 2.22. The van der Waals surface area contributed by atoms with Crippen molar-refractivity contribution in [2.24, 2.45) is 0 Å². The maximum Gasteiger partial charge on any atom is 0.123 e. The van der Waals surface area contributed by atoms with Crippen molar-refractivity contribution in [1.29, 1.82) is 0 Å². The minimum Gasteiger partial charge on any atom is -0.384 e. The number of aliphatic hydroxyl groups is 1. The van der Waals surface area contributed by atoms with Crippen molar-refractivity contribution in [1.82, 2.24) is 0 Å². The molecule has 82 valence electrons. The first-order chi connectivity index (χ1) is 7.66. The Morgan fingerprint density at radius 2 is 1.69 bits per heavy atom. The first kappa shape index (κ1) is 10.8. The number of hydrogen-bond acceptors (Lipinski definition) is 1. The third-order valence-corrected chi connectivity index (χ3v) is 2.54. The lowest BCUT2D eigenvalue weighted by Gasteiger charge is -2.11. The van der Waals surface area contributed by atoms with Gasteiger partial charge >= 0.3 is 0 Å². The molecule has 0 unspecified atom stereocenters. The second-order valence-electron chi connectivity index (χ2n) is 3.87. The zero-order valence-electron chi connectivity index (χ0n) is 9.02. The highest BCUT2D eigenvalue weighted by atomic mass is 19.1. The molecule has 0 aliphatic heterocycles. The monoisotopic (exact) mass is 216 g/mol. The summed E-state index contributed by atoms with van der Waals surface area (Å²) in [6.07, 6.45) is -0.694. The molecule has 0 saturated heterocycles. The molecule has 0 fully saturated rings. The Morgan fingerprint density at radius 3 is 2.31 bits per heavy atom. The van der Waals surface area contributed by atoms with Crippen LogP contribution in [0.1, 0.15) is 22.8 Å². The number of halogens is 1. The zero-order chi connectivity index (χ0) is 11.5. The fourth-order valence-electron chi connectivity index (χ4n) is 1.68. The van der Waals surface area contributed by atoms with Crippen molar-refractivity contribution in [2.45, 2.75) is 13.0 Å². The predicted molar refractivity (Wildman–Crippen MR) is 61.6 cm³/mol. The SMILES string of the molecule is Cc1cccc([C@@H](O)c2ccc(F)cc2)c1. The third kappa shape index (κ3) is 2.28. The van der Waals surface area contributed by atoms with Crippen molar-refractivity contribution in [3.05, 3.63) is 71.0 Å². The Labute approximate surface area is 94.2 Å². The quantitative estimate of drug-likeness (QED) is 0.817. The number of rotatable bonds is 2. The Balaban J connectivity index is 2.31. The van der Waals surface area contributed by atoms with E-state index >= 15 is 0 Å². The van der Waals surface area contributed by atoms with E-state index in [1.807, 2.05) is 31.2 Å². The van der Waals surface area contributed by atoms with Crippen LogP contribution in [0.3, 0.4) is 0 Å². The van der Waals surface area contributed by atoms with Crippen molar-refractivity contribution >= 4 is 0 Å². The summed E-state index contributed by atoms with van der Waals surface area (Å²) >= 11 is 0. The van der Waals surface area contributed by atoms with E-state index in [4.69, 9.17) is 0 Å². The van der Waals surface area contributed by atoms with Crippen molar-refractivity contribution in [2.75, 3.05) is 0 Å². The fourth-order valence-corrected chi connectivity index (χ4v) is 1.68. The smallest absolute Gasteiger partial charge is 0.123 e. The van der Waals surface area contributed by atoms with E-state index in [1.54, 1.807) is 12.1 Å². The van der Waals surface area contributed by atoms with Gasteiger partial charge in [0.25, 0.3) is 0 Å². The molecular weight excluding hydrogens is 203 g/mol. The molecule has 0 heterocycles. The molecule has 1 N–H and O–H groups in total.